The number of alkyl halides is 1. The summed E-state index contributed by atoms with van der Waals surface area (Å²) in [6, 6.07) is 11.4. The second-order valence-corrected chi connectivity index (χ2v) is 17.3. The lowest BCUT2D eigenvalue weighted by atomic mass is 9.98. The quantitative estimate of drug-likeness (QED) is 0.0589. The number of piperazine rings is 1. The van der Waals surface area contributed by atoms with Crippen LogP contribution in [0.5, 0.6) is 5.75 Å². The van der Waals surface area contributed by atoms with E-state index in [1.54, 1.807) is 22.4 Å². The minimum absolute atomic E-state index is 0.0297. The lowest BCUT2D eigenvalue weighted by Gasteiger charge is -2.36. The molecule has 278 valence electrons. The van der Waals surface area contributed by atoms with Crippen LogP contribution < -0.4 is 9.64 Å². The molecule has 2 aromatic carbocycles. The molecule has 0 aliphatic carbocycles. The van der Waals surface area contributed by atoms with E-state index in [2.05, 4.69) is 27.5 Å². The molecule has 0 N–H and O–H groups in total. The smallest absolute Gasteiger partial charge is 0.354 e. The summed E-state index contributed by atoms with van der Waals surface area (Å²) >= 11 is 9.25. The van der Waals surface area contributed by atoms with Gasteiger partial charge >= 0.3 is 5.97 Å². The predicted octanol–water partition coefficient (Wildman–Crippen LogP) is 4.37. The number of esters is 1. The second kappa shape index (κ2) is 16.0. The number of rotatable bonds is 14. The largest absolute Gasteiger partial charge is 0.487 e. The molecule has 0 unspecified atom stereocenters. The Balaban J connectivity index is 1.44. The van der Waals surface area contributed by atoms with Crippen molar-refractivity contribution < 1.29 is 35.3 Å². The molecule has 0 saturated carbocycles. The maximum atomic E-state index is 13.1. The zero-order chi connectivity index (χ0) is 37.2. The number of hydrogen-bond acceptors (Lipinski definition) is 10. The Morgan fingerprint density at radius 3 is 2.25 bits per heavy atom. The van der Waals surface area contributed by atoms with E-state index >= 15 is 0 Å². The van der Waals surface area contributed by atoms with Crippen molar-refractivity contribution in [3.63, 3.8) is 0 Å². The molecule has 1 aliphatic heterocycles. The van der Waals surface area contributed by atoms with E-state index in [4.69, 9.17) is 30.4 Å². The summed E-state index contributed by atoms with van der Waals surface area (Å²) in [6.45, 7) is 2.09. The van der Waals surface area contributed by atoms with E-state index < -0.39 is 26.3 Å². The maximum Gasteiger partial charge on any atom is 0.354 e. The van der Waals surface area contributed by atoms with E-state index in [9.17, 15) is 21.6 Å². The average Bonchev–Trinajstić information content (AvgIpc) is 3.57. The van der Waals surface area contributed by atoms with Crippen molar-refractivity contribution in [2.45, 2.75) is 23.9 Å². The summed E-state index contributed by atoms with van der Waals surface area (Å²) in [5.41, 5.74) is 5.80. The third-order valence-electron chi connectivity index (χ3n) is 8.88. The van der Waals surface area contributed by atoms with Crippen molar-refractivity contribution in [3.05, 3.63) is 64.1 Å². The monoisotopic (exact) mass is 876 g/mol. The lowest BCUT2D eigenvalue weighted by Crippen LogP contribution is -2.51. The van der Waals surface area contributed by atoms with Gasteiger partial charge in [0.2, 0.25) is 0 Å². The number of benzene rings is 2. The average molecular weight is 877 g/mol. The summed E-state index contributed by atoms with van der Waals surface area (Å²) < 4.78 is 71.4. The summed E-state index contributed by atoms with van der Waals surface area (Å²) in [5, 5.41) is 6.06. The fourth-order valence-electron chi connectivity index (χ4n) is 6.39. The summed E-state index contributed by atoms with van der Waals surface area (Å²) in [5.74, 6) is 0.119. The molecule has 0 spiro atoms. The van der Waals surface area contributed by atoms with Crippen LogP contribution in [-0.4, -0.2) is 106 Å². The number of fused-ring (bicyclic) bond motifs is 1. The van der Waals surface area contributed by atoms with Gasteiger partial charge in [-0.3, -0.25) is 8.86 Å². The molecular formula is C33H42ClIN6O8S2. The molecule has 3 heterocycles. The van der Waals surface area contributed by atoms with Gasteiger partial charge in [-0.1, -0.05) is 40.3 Å². The van der Waals surface area contributed by atoms with Gasteiger partial charge in [-0.25, -0.2) is 4.79 Å². The van der Waals surface area contributed by atoms with Crippen LogP contribution in [0.15, 0.2) is 36.4 Å². The molecule has 1 aliphatic rings. The van der Waals surface area contributed by atoms with E-state index in [1.807, 2.05) is 37.4 Å². The first-order valence-electron chi connectivity index (χ1n) is 16.1. The zero-order valence-electron chi connectivity index (χ0n) is 29.3. The minimum Gasteiger partial charge on any atom is -0.487 e. The van der Waals surface area contributed by atoms with E-state index in [0.29, 0.717) is 76.6 Å². The molecular weight excluding hydrogens is 835 g/mol. The number of nitrogens with zero attached hydrogens (tertiary/aromatic N) is 6. The van der Waals surface area contributed by atoms with Gasteiger partial charge in [0.25, 0.3) is 20.3 Å². The highest BCUT2D eigenvalue weighted by atomic mass is 127. The Morgan fingerprint density at radius 1 is 1.00 bits per heavy atom. The molecule has 5 rings (SSSR count). The molecule has 0 bridgehead atoms. The first-order chi connectivity index (χ1) is 24.1. The molecule has 0 atom stereocenters. The number of methoxy groups -OCH3 is 1. The highest BCUT2D eigenvalue weighted by Gasteiger charge is 2.30. The standard InChI is InChI=1S/C33H42ClIN6O8S2/c1-37(2)51(45,46)41-17-15-40(16-18-41)22-9-11-23(12-10-22)48-21-28-30(27(20-35)36-39(28)4)29-26(34)14-13-25-24(8-7-19-49-50(6,43)44)32(33(42)47-5)38(3)31(25)29/h9-14H,7-8,15-21H2,1-6H3. The van der Waals surface area contributed by atoms with Gasteiger partial charge in [0.1, 0.15) is 18.1 Å². The predicted molar refractivity (Wildman–Crippen MR) is 205 cm³/mol. The van der Waals surface area contributed by atoms with Gasteiger partial charge in [0.05, 0.1) is 41.9 Å². The van der Waals surface area contributed by atoms with E-state index in [1.165, 1.54) is 29.8 Å². The van der Waals surface area contributed by atoms with Gasteiger partial charge in [-0.2, -0.15) is 30.5 Å². The summed E-state index contributed by atoms with van der Waals surface area (Å²) in [6.07, 6.45) is 1.72. The van der Waals surface area contributed by atoms with Crippen LogP contribution >= 0.6 is 34.2 Å². The number of carbonyl (C=O) groups is 1. The Kier molecular flexibility index (Phi) is 12.3. The molecule has 18 heteroatoms. The van der Waals surface area contributed by atoms with Gasteiger partial charge in [0, 0.05) is 81.0 Å². The van der Waals surface area contributed by atoms with Crippen LogP contribution in [0.4, 0.5) is 5.69 Å². The van der Waals surface area contributed by atoms with Crippen LogP contribution in [-0.2, 0) is 60.8 Å². The molecule has 51 heavy (non-hydrogen) atoms. The van der Waals surface area contributed by atoms with Crippen molar-refractivity contribution in [1.82, 2.24) is 23.0 Å². The zero-order valence-corrected chi connectivity index (χ0v) is 33.9. The highest BCUT2D eigenvalue weighted by molar-refractivity contribution is 14.1. The molecule has 1 saturated heterocycles. The fraction of sp³-hybridized carbons (Fsp3) is 0.455. The Labute approximate surface area is 317 Å². The lowest BCUT2D eigenvalue weighted by molar-refractivity contribution is 0.0589. The molecule has 1 fully saturated rings. The molecule has 0 amide bonds. The van der Waals surface area contributed by atoms with Crippen LogP contribution in [0.3, 0.4) is 0 Å². The number of aryl methyl sites for hydroxylation is 3. The van der Waals surface area contributed by atoms with Crippen molar-refractivity contribution >= 4 is 77.1 Å². The SMILES string of the molecule is COC(=O)c1c(CCCOS(C)(=O)=O)c2ccc(Cl)c(-c3c(CI)nn(C)c3COc3ccc(N4CCN(S(=O)(=O)N(C)C)CC4)cc3)c2n1C. The number of halogens is 2. The number of hydrogen-bond donors (Lipinski definition) is 0. The molecule has 4 aromatic rings. The number of anilines is 1. The third-order valence-corrected chi connectivity index (χ3v) is 12.4. The number of carbonyl (C=O) groups excluding carboxylic acids is 1. The van der Waals surface area contributed by atoms with Crippen molar-refractivity contribution in [2.75, 3.05) is 65.1 Å². The minimum atomic E-state index is -3.61. The Hall–Kier alpha value is -2.94. The van der Waals surface area contributed by atoms with Crippen LogP contribution in [0.2, 0.25) is 5.02 Å². The number of aromatic nitrogens is 3. The highest BCUT2D eigenvalue weighted by Crippen LogP contribution is 2.43. The molecule has 14 nitrogen and oxygen atoms in total. The fourth-order valence-corrected chi connectivity index (χ4v) is 8.68. The Bertz CT molecular complexity index is 2130. The van der Waals surface area contributed by atoms with Gasteiger partial charge in [-0.15, -0.1) is 0 Å². The summed E-state index contributed by atoms with van der Waals surface area (Å²) in [7, 11) is 0.974. The second-order valence-electron chi connectivity index (χ2n) is 12.3. The van der Waals surface area contributed by atoms with Crippen molar-refractivity contribution in [3.8, 4) is 16.9 Å². The van der Waals surface area contributed by atoms with Crippen molar-refractivity contribution in [2.24, 2.45) is 14.1 Å². The van der Waals surface area contributed by atoms with Crippen LogP contribution in [0.1, 0.15) is 33.9 Å². The van der Waals surface area contributed by atoms with E-state index in [0.717, 1.165) is 34.3 Å². The van der Waals surface area contributed by atoms with Crippen LogP contribution in [0.25, 0.3) is 22.0 Å². The number of ether oxygens (including phenoxy) is 2. The van der Waals surface area contributed by atoms with Gasteiger partial charge < -0.3 is 18.9 Å². The van der Waals surface area contributed by atoms with Gasteiger partial charge in [0.15, 0.2) is 0 Å². The maximum absolute atomic E-state index is 13.1. The first-order valence-corrected chi connectivity index (χ1v) is 21.2. The van der Waals surface area contributed by atoms with Crippen LogP contribution in [0, 0.1) is 0 Å². The first kappa shape index (κ1) is 39.3. The van der Waals surface area contributed by atoms with Gasteiger partial charge in [-0.05, 0) is 48.7 Å². The van der Waals surface area contributed by atoms with Crippen molar-refractivity contribution in [1.29, 1.82) is 0 Å². The molecule has 0 radical (unpaired) electrons. The molecule has 2 aromatic heterocycles. The normalized spacial score (nSPS) is 14.5. The van der Waals surface area contributed by atoms with E-state index in [-0.39, 0.29) is 13.2 Å². The Morgan fingerprint density at radius 2 is 1.67 bits per heavy atom. The third kappa shape index (κ3) is 8.34. The summed E-state index contributed by atoms with van der Waals surface area (Å²) in [4.78, 5) is 15.3. The topological polar surface area (TPSA) is 146 Å².